The molecule has 1 atom stereocenters. The summed E-state index contributed by atoms with van der Waals surface area (Å²) in [7, 11) is -3.04. The summed E-state index contributed by atoms with van der Waals surface area (Å²) in [6.45, 7) is 3.28. The van der Waals surface area contributed by atoms with Gasteiger partial charge in [0.1, 0.15) is 16.8 Å². The lowest BCUT2D eigenvalue weighted by molar-refractivity contribution is -0.143. The second kappa shape index (κ2) is 6.19. The lowest BCUT2D eigenvalue weighted by atomic mass is 10.1. The molecule has 0 spiro atoms. The van der Waals surface area contributed by atoms with Crippen LogP contribution in [0.3, 0.4) is 0 Å². The molecule has 0 aliphatic heterocycles. The molecule has 1 unspecified atom stereocenters. The Morgan fingerprint density at radius 2 is 2.00 bits per heavy atom. The Kier molecular flexibility index (Phi) is 5.07. The molecule has 0 saturated heterocycles. The Morgan fingerprint density at radius 3 is 2.45 bits per heavy atom. The maximum atomic E-state index is 13.7. The van der Waals surface area contributed by atoms with Crippen molar-refractivity contribution in [3.05, 3.63) is 24.0 Å². The van der Waals surface area contributed by atoms with Crippen LogP contribution in [-0.4, -0.2) is 27.5 Å². The Hall–Kier alpha value is -1.67. The number of nitrogen functional groups attached to an aromatic ring is 1. The lowest BCUT2D eigenvalue weighted by Crippen LogP contribution is -2.45. The molecule has 0 radical (unpaired) electrons. The Labute approximate surface area is 117 Å². The number of nitrogens with two attached hydrogens (primary N) is 1. The van der Waals surface area contributed by atoms with Crippen LogP contribution in [0.15, 0.2) is 23.1 Å². The minimum atomic E-state index is -4.19. The van der Waals surface area contributed by atoms with Gasteiger partial charge in [-0.15, -0.1) is 0 Å². The van der Waals surface area contributed by atoms with Crippen molar-refractivity contribution >= 4 is 21.7 Å². The van der Waals surface area contributed by atoms with Gasteiger partial charge in [-0.05, 0) is 24.1 Å². The largest absolute Gasteiger partial charge is 0.468 e. The molecule has 0 saturated carbocycles. The third kappa shape index (κ3) is 3.67. The fourth-order valence-corrected chi connectivity index (χ4v) is 2.94. The number of rotatable bonds is 5. The first-order valence-electron chi connectivity index (χ1n) is 5.84. The van der Waals surface area contributed by atoms with Gasteiger partial charge in [-0.25, -0.2) is 12.8 Å². The summed E-state index contributed by atoms with van der Waals surface area (Å²) < 4.78 is 44.5. The van der Waals surface area contributed by atoms with Crippen LogP contribution >= 0.6 is 0 Å². The molecule has 8 heteroatoms. The zero-order valence-electron chi connectivity index (χ0n) is 11.4. The average Bonchev–Trinajstić information content (AvgIpc) is 2.34. The lowest BCUT2D eigenvalue weighted by Gasteiger charge is -2.20. The third-order valence-electron chi connectivity index (χ3n) is 2.65. The Balaban J connectivity index is 3.13. The van der Waals surface area contributed by atoms with Gasteiger partial charge in [0.25, 0.3) is 0 Å². The number of nitrogens with one attached hydrogen (secondary N) is 1. The fraction of sp³-hybridized carbons (Fsp3) is 0.417. The Morgan fingerprint density at radius 1 is 1.40 bits per heavy atom. The number of esters is 1. The van der Waals surface area contributed by atoms with E-state index in [0.717, 1.165) is 19.2 Å². The van der Waals surface area contributed by atoms with Crippen molar-refractivity contribution < 1.29 is 22.3 Å². The molecule has 1 aromatic rings. The highest BCUT2D eigenvalue weighted by Crippen LogP contribution is 2.18. The minimum Gasteiger partial charge on any atom is -0.468 e. The molecule has 0 amide bonds. The number of carbonyl (C=O) groups is 1. The van der Waals surface area contributed by atoms with Gasteiger partial charge in [-0.3, -0.25) is 4.79 Å². The molecule has 0 aliphatic rings. The second-order valence-corrected chi connectivity index (χ2v) is 6.24. The number of anilines is 1. The van der Waals surface area contributed by atoms with Crippen LogP contribution in [0, 0.1) is 11.7 Å². The maximum absolute atomic E-state index is 13.7. The van der Waals surface area contributed by atoms with Gasteiger partial charge in [-0.1, -0.05) is 13.8 Å². The predicted molar refractivity (Wildman–Crippen MR) is 71.8 cm³/mol. The van der Waals surface area contributed by atoms with Crippen molar-refractivity contribution in [1.29, 1.82) is 0 Å². The fourth-order valence-electron chi connectivity index (χ4n) is 1.55. The summed E-state index contributed by atoms with van der Waals surface area (Å²) in [4.78, 5) is 11.0. The van der Waals surface area contributed by atoms with E-state index in [9.17, 15) is 17.6 Å². The molecule has 0 fully saturated rings. The van der Waals surface area contributed by atoms with Crippen molar-refractivity contribution in [3.63, 3.8) is 0 Å². The summed E-state index contributed by atoms with van der Waals surface area (Å²) in [5, 5.41) is 0. The van der Waals surface area contributed by atoms with E-state index in [1.807, 2.05) is 0 Å². The van der Waals surface area contributed by atoms with Gasteiger partial charge < -0.3 is 10.5 Å². The van der Waals surface area contributed by atoms with Gasteiger partial charge in [0, 0.05) is 5.69 Å². The Bertz CT molecular complexity index is 601. The highest BCUT2D eigenvalue weighted by atomic mass is 32.2. The van der Waals surface area contributed by atoms with E-state index in [2.05, 4.69) is 9.46 Å². The third-order valence-corrected chi connectivity index (χ3v) is 4.12. The van der Waals surface area contributed by atoms with E-state index in [1.165, 1.54) is 6.07 Å². The number of sulfonamides is 1. The predicted octanol–water partition coefficient (Wildman–Crippen LogP) is 0.884. The van der Waals surface area contributed by atoms with Gasteiger partial charge in [0.2, 0.25) is 10.0 Å². The molecule has 0 heterocycles. The van der Waals surface area contributed by atoms with Crippen molar-refractivity contribution in [2.75, 3.05) is 12.8 Å². The average molecular weight is 304 g/mol. The molecule has 3 N–H and O–H groups in total. The number of halogens is 1. The summed E-state index contributed by atoms with van der Waals surface area (Å²) in [5.74, 6) is -2.07. The van der Waals surface area contributed by atoms with Crippen molar-refractivity contribution in [1.82, 2.24) is 4.72 Å². The summed E-state index contributed by atoms with van der Waals surface area (Å²) in [6, 6.07) is 2.11. The monoisotopic (exact) mass is 304 g/mol. The number of benzene rings is 1. The number of ether oxygens (including phenoxy) is 1. The van der Waals surface area contributed by atoms with E-state index in [4.69, 9.17) is 5.73 Å². The van der Waals surface area contributed by atoms with Gasteiger partial charge >= 0.3 is 5.97 Å². The van der Waals surface area contributed by atoms with Crippen molar-refractivity contribution in [2.24, 2.45) is 5.92 Å². The zero-order chi connectivity index (χ0) is 15.5. The molecule has 0 aliphatic carbocycles. The van der Waals surface area contributed by atoms with Crippen LogP contribution in [0.25, 0.3) is 0 Å². The number of carbonyl (C=O) groups excluding carboxylic acids is 1. The molecular weight excluding hydrogens is 287 g/mol. The van der Waals surface area contributed by atoms with E-state index >= 15 is 0 Å². The second-order valence-electron chi connectivity index (χ2n) is 4.56. The molecule has 20 heavy (non-hydrogen) atoms. The van der Waals surface area contributed by atoms with E-state index < -0.39 is 32.7 Å². The zero-order valence-corrected chi connectivity index (χ0v) is 12.2. The maximum Gasteiger partial charge on any atom is 0.324 e. The van der Waals surface area contributed by atoms with Crippen LogP contribution in [0.4, 0.5) is 10.1 Å². The van der Waals surface area contributed by atoms with Crippen LogP contribution in [0.1, 0.15) is 13.8 Å². The quantitative estimate of drug-likeness (QED) is 0.621. The highest BCUT2D eigenvalue weighted by Gasteiger charge is 2.30. The van der Waals surface area contributed by atoms with E-state index in [-0.39, 0.29) is 11.6 Å². The molecule has 6 nitrogen and oxygen atoms in total. The number of methoxy groups -OCH3 is 1. The van der Waals surface area contributed by atoms with Crippen LogP contribution in [-0.2, 0) is 19.6 Å². The molecular formula is C12H17FN2O4S. The molecule has 0 bridgehead atoms. The first-order valence-corrected chi connectivity index (χ1v) is 7.32. The van der Waals surface area contributed by atoms with Crippen LogP contribution < -0.4 is 10.5 Å². The normalized spacial score (nSPS) is 13.2. The van der Waals surface area contributed by atoms with Gasteiger partial charge in [-0.2, -0.15) is 4.72 Å². The summed E-state index contributed by atoms with van der Waals surface area (Å²) in [5.41, 5.74) is 5.47. The van der Waals surface area contributed by atoms with E-state index in [1.54, 1.807) is 13.8 Å². The van der Waals surface area contributed by atoms with Crippen LogP contribution in [0.2, 0.25) is 0 Å². The summed E-state index contributed by atoms with van der Waals surface area (Å²) in [6.07, 6.45) is 0. The van der Waals surface area contributed by atoms with Crippen LogP contribution in [0.5, 0.6) is 0 Å². The van der Waals surface area contributed by atoms with E-state index in [0.29, 0.717) is 0 Å². The topological polar surface area (TPSA) is 98.5 Å². The number of hydrogen-bond donors (Lipinski definition) is 2. The molecule has 0 aromatic heterocycles. The molecule has 112 valence electrons. The number of hydrogen-bond acceptors (Lipinski definition) is 5. The van der Waals surface area contributed by atoms with Gasteiger partial charge in [0.05, 0.1) is 7.11 Å². The van der Waals surface area contributed by atoms with Gasteiger partial charge in [0.15, 0.2) is 0 Å². The highest BCUT2D eigenvalue weighted by molar-refractivity contribution is 7.89. The van der Waals surface area contributed by atoms with Crippen molar-refractivity contribution in [2.45, 2.75) is 24.8 Å². The molecule has 1 aromatic carbocycles. The SMILES string of the molecule is COC(=O)C(NS(=O)(=O)c1ccc(N)cc1F)C(C)C. The first-order chi connectivity index (χ1) is 9.19. The minimum absolute atomic E-state index is 0.106. The first kappa shape index (κ1) is 16.4. The van der Waals surface area contributed by atoms with Crippen molar-refractivity contribution in [3.8, 4) is 0 Å². The standard InChI is InChI=1S/C12H17FN2O4S/c1-7(2)11(12(16)19-3)15-20(17,18)10-5-4-8(14)6-9(10)13/h4-7,11,15H,14H2,1-3H3. The summed E-state index contributed by atoms with van der Waals surface area (Å²) >= 11 is 0. The molecule has 1 rings (SSSR count). The smallest absolute Gasteiger partial charge is 0.324 e.